The van der Waals surface area contributed by atoms with E-state index in [4.69, 9.17) is 4.74 Å². The van der Waals surface area contributed by atoms with Crippen LogP contribution < -0.4 is 5.32 Å². The van der Waals surface area contributed by atoms with Gasteiger partial charge in [-0.15, -0.1) is 0 Å². The van der Waals surface area contributed by atoms with Crippen LogP contribution in [0.1, 0.15) is 54.9 Å². The summed E-state index contributed by atoms with van der Waals surface area (Å²) in [6.07, 6.45) is 0.591. The highest BCUT2D eigenvalue weighted by Gasteiger charge is 2.48. The van der Waals surface area contributed by atoms with Crippen LogP contribution in [0.5, 0.6) is 0 Å². The predicted molar refractivity (Wildman–Crippen MR) is 75.8 cm³/mol. The Morgan fingerprint density at radius 3 is 2.26 bits per heavy atom. The average Bonchev–Trinajstić information content (AvgIpc) is 2.34. The number of carbonyl (C=O) groups is 1. The van der Waals surface area contributed by atoms with Crippen LogP contribution in [0.4, 0.5) is 0 Å². The van der Waals surface area contributed by atoms with Crippen molar-refractivity contribution in [2.45, 2.75) is 71.6 Å². The van der Waals surface area contributed by atoms with E-state index in [9.17, 15) is 9.90 Å². The molecule has 1 saturated heterocycles. The van der Waals surface area contributed by atoms with Crippen molar-refractivity contribution in [3.63, 3.8) is 0 Å². The van der Waals surface area contributed by atoms with Gasteiger partial charge in [-0.25, -0.2) is 0 Å². The van der Waals surface area contributed by atoms with Gasteiger partial charge in [-0.2, -0.15) is 0 Å². The fourth-order valence-electron chi connectivity index (χ4n) is 2.90. The Morgan fingerprint density at radius 1 is 1.32 bits per heavy atom. The molecule has 2 N–H and O–H groups in total. The second-order valence-electron chi connectivity index (χ2n) is 7.89. The average molecular weight is 271 g/mol. The summed E-state index contributed by atoms with van der Waals surface area (Å²) in [4.78, 5) is 12.4. The summed E-state index contributed by atoms with van der Waals surface area (Å²) in [5, 5.41) is 13.4. The number of carbonyl (C=O) groups excluding carboxylic acids is 1. The zero-order chi connectivity index (χ0) is 15.1. The summed E-state index contributed by atoms with van der Waals surface area (Å²) in [6.45, 7) is 14.0. The first-order valence-electron chi connectivity index (χ1n) is 7.02. The number of nitrogens with one attached hydrogen (secondary N) is 1. The minimum atomic E-state index is -0.771. The van der Waals surface area contributed by atoms with Gasteiger partial charge in [0.1, 0.15) is 5.60 Å². The fourth-order valence-corrected chi connectivity index (χ4v) is 2.90. The van der Waals surface area contributed by atoms with Crippen molar-refractivity contribution in [1.29, 1.82) is 0 Å². The normalized spacial score (nSPS) is 27.4. The van der Waals surface area contributed by atoms with Crippen LogP contribution in [0, 0.1) is 11.8 Å². The molecule has 0 saturated carbocycles. The standard InChI is InChI=1S/C15H29NO3/c1-13(2,3)19-12(17)11-10(8-14(4,5)18)9-16-15(11,6)7/h10-11,16,18H,8-9H2,1-7H3/t10-,11-/m1/s1. The second-order valence-corrected chi connectivity index (χ2v) is 7.89. The molecule has 4 heteroatoms. The van der Waals surface area contributed by atoms with Gasteiger partial charge in [-0.05, 0) is 67.3 Å². The molecule has 0 aromatic carbocycles. The van der Waals surface area contributed by atoms with E-state index in [0.717, 1.165) is 6.54 Å². The number of rotatable bonds is 3. The Morgan fingerprint density at radius 2 is 1.84 bits per heavy atom. The topological polar surface area (TPSA) is 58.6 Å². The molecule has 0 aromatic rings. The highest BCUT2D eigenvalue weighted by molar-refractivity contribution is 5.75. The summed E-state index contributed by atoms with van der Waals surface area (Å²) >= 11 is 0. The van der Waals surface area contributed by atoms with Crippen LogP contribution in [0.15, 0.2) is 0 Å². The second kappa shape index (κ2) is 5.06. The third-order valence-electron chi connectivity index (χ3n) is 3.49. The lowest BCUT2D eigenvalue weighted by Gasteiger charge is -2.33. The fraction of sp³-hybridized carbons (Fsp3) is 0.933. The molecular weight excluding hydrogens is 242 g/mol. The Bertz CT molecular complexity index is 336. The molecule has 1 heterocycles. The van der Waals surface area contributed by atoms with Crippen LogP contribution in [0.2, 0.25) is 0 Å². The lowest BCUT2D eigenvalue weighted by molar-refractivity contribution is -0.163. The number of ether oxygens (including phenoxy) is 1. The van der Waals surface area contributed by atoms with E-state index in [1.54, 1.807) is 13.8 Å². The zero-order valence-electron chi connectivity index (χ0n) is 13.3. The summed E-state index contributed by atoms with van der Waals surface area (Å²) in [7, 11) is 0. The SMILES string of the molecule is CC(C)(O)C[C@@H]1CNC(C)(C)[C@H]1C(=O)OC(C)(C)C. The summed E-state index contributed by atoms with van der Waals surface area (Å²) < 4.78 is 5.54. The first kappa shape index (κ1) is 16.4. The van der Waals surface area contributed by atoms with Crippen molar-refractivity contribution in [2.75, 3.05) is 6.54 Å². The summed E-state index contributed by atoms with van der Waals surface area (Å²) in [5.74, 6) is -0.292. The van der Waals surface area contributed by atoms with Crippen molar-refractivity contribution in [2.24, 2.45) is 11.8 Å². The molecule has 0 amide bonds. The van der Waals surface area contributed by atoms with Crippen molar-refractivity contribution in [3.05, 3.63) is 0 Å². The molecule has 1 aliphatic heterocycles. The van der Waals surface area contributed by atoms with Crippen molar-refractivity contribution >= 4 is 5.97 Å². The van der Waals surface area contributed by atoms with Crippen LogP contribution in [-0.4, -0.2) is 34.4 Å². The Balaban J connectivity index is 2.87. The highest BCUT2D eigenvalue weighted by atomic mass is 16.6. The molecule has 1 fully saturated rings. The van der Waals surface area contributed by atoms with Gasteiger partial charge in [0.25, 0.3) is 0 Å². The molecule has 0 bridgehead atoms. The maximum absolute atomic E-state index is 12.4. The zero-order valence-corrected chi connectivity index (χ0v) is 13.3. The highest BCUT2D eigenvalue weighted by Crippen LogP contribution is 2.37. The van der Waals surface area contributed by atoms with E-state index in [1.807, 2.05) is 34.6 Å². The van der Waals surface area contributed by atoms with Crippen LogP contribution in [0.25, 0.3) is 0 Å². The van der Waals surface area contributed by atoms with E-state index in [-0.39, 0.29) is 23.3 Å². The minimum absolute atomic E-state index is 0.102. The molecule has 4 nitrogen and oxygen atoms in total. The molecule has 0 aliphatic carbocycles. The van der Waals surface area contributed by atoms with Gasteiger partial charge in [0, 0.05) is 5.54 Å². The molecule has 2 atom stereocenters. The quantitative estimate of drug-likeness (QED) is 0.772. The largest absolute Gasteiger partial charge is 0.460 e. The van der Waals surface area contributed by atoms with Gasteiger partial charge < -0.3 is 15.2 Å². The van der Waals surface area contributed by atoms with Gasteiger partial charge >= 0.3 is 5.97 Å². The van der Waals surface area contributed by atoms with E-state index in [2.05, 4.69) is 5.32 Å². The van der Waals surface area contributed by atoms with Crippen LogP contribution in [-0.2, 0) is 9.53 Å². The van der Waals surface area contributed by atoms with Crippen molar-refractivity contribution in [1.82, 2.24) is 5.32 Å². The number of aliphatic hydroxyl groups is 1. The van der Waals surface area contributed by atoms with Gasteiger partial charge in [-0.3, -0.25) is 4.79 Å². The van der Waals surface area contributed by atoms with Gasteiger partial charge in [-0.1, -0.05) is 0 Å². The molecule has 112 valence electrons. The third-order valence-corrected chi connectivity index (χ3v) is 3.49. The molecule has 0 unspecified atom stereocenters. The van der Waals surface area contributed by atoms with Gasteiger partial charge in [0.05, 0.1) is 11.5 Å². The monoisotopic (exact) mass is 271 g/mol. The van der Waals surface area contributed by atoms with E-state index in [0.29, 0.717) is 6.42 Å². The number of hydrogen-bond acceptors (Lipinski definition) is 4. The predicted octanol–water partition coefficient (Wildman–Crippen LogP) is 2.10. The first-order valence-corrected chi connectivity index (χ1v) is 7.02. The third kappa shape index (κ3) is 4.77. The molecular formula is C15H29NO3. The molecule has 1 rings (SSSR count). The lowest BCUT2D eigenvalue weighted by Crippen LogP contribution is -2.45. The van der Waals surface area contributed by atoms with Crippen LogP contribution in [0.3, 0.4) is 0 Å². The molecule has 1 aliphatic rings. The van der Waals surface area contributed by atoms with Crippen molar-refractivity contribution in [3.8, 4) is 0 Å². The Hall–Kier alpha value is -0.610. The Labute approximate surface area is 116 Å². The minimum Gasteiger partial charge on any atom is -0.460 e. The number of hydrogen-bond donors (Lipinski definition) is 2. The molecule has 19 heavy (non-hydrogen) atoms. The molecule has 0 aromatic heterocycles. The smallest absolute Gasteiger partial charge is 0.311 e. The van der Waals surface area contributed by atoms with Crippen molar-refractivity contribution < 1.29 is 14.6 Å². The number of esters is 1. The molecule has 0 radical (unpaired) electrons. The Kier molecular flexibility index (Phi) is 4.38. The maximum atomic E-state index is 12.4. The lowest BCUT2D eigenvalue weighted by atomic mass is 9.78. The van der Waals surface area contributed by atoms with E-state index >= 15 is 0 Å². The summed E-state index contributed by atoms with van der Waals surface area (Å²) in [5.41, 5.74) is -1.54. The van der Waals surface area contributed by atoms with Crippen LogP contribution >= 0.6 is 0 Å². The van der Waals surface area contributed by atoms with E-state index in [1.165, 1.54) is 0 Å². The molecule has 0 spiro atoms. The van der Waals surface area contributed by atoms with E-state index < -0.39 is 11.2 Å². The summed E-state index contributed by atoms with van der Waals surface area (Å²) in [6, 6.07) is 0. The van der Waals surface area contributed by atoms with Gasteiger partial charge in [0.15, 0.2) is 0 Å². The first-order chi connectivity index (χ1) is 8.32. The maximum Gasteiger partial charge on any atom is 0.311 e. The van der Waals surface area contributed by atoms with Gasteiger partial charge in [0.2, 0.25) is 0 Å².